The summed E-state index contributed by atoms with van der Waals surface area (Å²) in [7, 11) is -2.15. The fourth-order valence-electron chi connectivity index (χ4n) is 1.40. The number of nitrogens with zero attached hydrogens (tertiary/aromatic N) is 3. The number of sulfone groups is 1. The van der Waals surface area contributed by atoms with Crippen molar-refractivity contribution in [2.75, 3.05) is 0 Å². The van der Waals surface area contributed by atoms with E-state index in [-0.39, 0.29) is 16.5 Å². The maximum absolute atomic E-state index is 13.4. The van der Waals surface area contributed by atoms with Crippen LogP contribution in [0.4, 0.5) is 4.39 Å². The molecule has 2 rings (SSSR count). The summed E-state index contributed by atoms with van der Waals surface area (Å²) >= 11 is 0. The maximum Gasteiger partial charge on any atom is 0.188 e. The molecular formula is C10H10FN3O2S. The molecule has 5 nitrogen and oxygen atoms in total. The fourth-order valence-corrected chi connectivity index (χ4v) is 2.80. The monoisotopic (exact) mass is 255 g/mol. The Morgan fingerprint density at radius 3 is 2.65 bits per heavy atom. The lowest BCUT2D eigenvalue weighted by atomic mass is 10.3. The highest BCUT2D eigenvalue weighted by Gasteiger charge is 2.21. The Morgan fingerprint density at radius 1 is 1.35 bits per heavy atom. The van der Waals surface area contributed by atoms with Gasteiger partial charge in [-0.25, -0.2) is 17.8 Å². The van der Waals surface area contributed by atoms with Gasteiger partial charge in [0.1, 0.15) is 28.6 Å². The number of aromatic nitrogens is 3. The average Bonchev–Trinajstić information content (AvgIpc) is 2.64. The van der Waals surface area contributed by atoms with E-state index in [4.69, 9.17) is 0 Å². The van der Waals surface area contributed by atoms with Crippen LogP contribution in [0.1, 0.15) is 5.82 Å². The first kappa shape index (κ1) is 11.7. The highest BCUT2D eigenvalue weighted by atomic mass is 32.2. The number of hydrogen-bond acceptors (Lipinski definition) is 4. The van der Waals surface area contributed by atoms with E-state index in [2.05, 4.69) is 10.1 Å². The molecule has 90 valence electrons. The first-order valence-electron chi connectivity index (χ1n) is 4.81. The van der Waals surface area contributed by atoms with Gasteiger partial charge in [-0.1, -0.05) is 12.1 Å². The zero-order valence-electron chi connectivity index (χ0n) is 9.04. The van der Waals surface area contributed by atoms with Gasteiger partial charge in [-0.3, -0.25) is 4.68 Å². The van der Waals surface area contributed by atoms with Gasteiger partial charge in [0.25, 0.3) is 0 Å². The predicted octanol–water partition coefficient (Wildman–Crippen LogP) is 0.928. The van der Waals surface area contributed by atoms with Crippen LogP contribution < -0.4 is 0 Å². The van der Waals surface area contributed by atoms with E-state index in [1.807, 2.05) is 0 Å². The van der Waals surface area contributed by atoms with Crippen LogP contribution >= 0.6 is 0 Å². The Hall–Kier alpha value is -1.76. The third-order valence-electron chi connectivity index (χ3n) is 2.30. The van der Waals surface area contributed by atoms with Crippen LogP contribution in [0.2, 0.25) is 0 Å². The van der Waals surface area contributed by atoms with Gasteiger partial charge in [0.05, 0.1) is 0 Å². The summed E-state index contributed by atoms with van der Waals surface area (Å²) in [5, 5.41) is 3.76. The number of halogens is 1. The molecule has 0 saturated heterocycles. The van der Waals surface area contributed by atoms with E-state index in [9.17, 15) is 12.8 Å². The van der Waals surface area contributed by atoms with E-state index in [1.54, 1.807) is 7.05 Å². The summed E-state index contributed by atoms with van der Waals surface area (Å²) in [6.07, 6.45) is 1.26. The van der Waals surface area contributed by atoms with Crippen molar-refractivity contribution in [1.29, 1.82) is 0 Å². The van der Waals surface area contributed by atoms with Gasteiger partial charge in [0.15, 0.2) is 9.84 Å². The summed E-state index contributed by atoms with van der Waals surface area (Å²) in [5.74, 6) is -0.854. The predicted molar refractivity (Wildman–Crippen MR) is 58.3 cm³/mol. The van der Waals surface area contributed by atoms with Crippen LogP contribution in [0.15, 0.2) is 35.5 Å². The molecule has 0 amide bonds. The molecule has 7 heteroatoms. The maximum atomic E-state index is 13.4. The summed E-state index contributed by atoms with van der Waals surface area (Å²) < 4.78 is 38.6. The lowest BCUT2D eigenvalue weighted by Crippen LogP contribution is -2.11. The Morgan fingerprint density at radius 2 is 2.06 bits per heavy atom. The van der Waals surface area contributed by atoms with Crippen LogP contribution in [-0.2, 0) is 22.6 Å². The molecule has 1 aromatic carbocycles. The summed E-state index contributed by atoms with van der Waals surface area (Å²) in [5.41, 5.74) is 0. The zero-order chi connectivity index (χ0) is 12.5. The van der Waals surface area contributed by atoms with Crippen LogP contribution in [0, 0.1) is 5.82 Å². The van der Waals surface area contributed by atoms with E-state index in [0.29, 0.717) is 0 Å². The molecule has 2 aromatic rings. The molecule has 0 aliphatic carbocycles. The lowest BCUT2D eigenvalue weighted by Gasteiger charge is -2.04. The molecule has 0 radical (unpaired) electrons. The lowest BCUT2D eigenvalue weighted by molar-refractivity contribution is 0.564. The molecule has 1 aromatic heterocycles. The zero-order valence-corrected chi connectivity index (χ0v) is 9.85. The number of aryl methyl sites for hydroxylation is 1. The molecule has 0 aliphatic rings. The Balaban J connectivity index is 2.39. The van der Waals surface area contributed by atoms with Crippen molar-refractivity contribution < 1.29 is 12.8 Å². The van der Waals surface area contributed by atoms with Crippen LogP contribution in [0.25, 0.3) is 0 Å². The van der Waals surface area contributed by atoms with E-state index < -0.39 is 15.7 Å². The van der Waals surface area contributed by atoms with Crippen molar-refractivity contribution >= 4 is 9.84 Å². The second-order valence-electron chi connectivity index (χ2n) is 3.49. The van der Waals surface area contributed by atoms with Gasteiger partial charge in [0, 0.05) is 7.05 Å². The summed E-state index contributed by atoms with van der Waals surface area (Å²) in [4.78, 5) is 3.49. The molecule has 0 N–H and O–H groups in total. The van der Waals surface area contributed by atoms with Gasteiger partial charge >= 0.3 is 0 Å². The van der Waals surface area contributed by atoms with Gasteiger partial charge in [-0.15, -0.1) is 0 Å². The second-order valence-corrected chi connectivity index (χ2v) is 5.45. The average molecular weight is 255 g/mol. The number of benzene rings is 1. The van der Waals surface area contributed by atoms with Crippen molar-refractivity contribution in [2.45, 2.75) is 10.6 Å². The summed E-state index contributed by atoms with van der Waals surface area (Å²) in [6, 6.07) is 5.27. The van der Waals surface area contributed by atoms with E-state index in [1.165, 1.54) is 29.2 Å². The Bertz CT molecular complexity index is 637. The van der Waals surface area contributed by atoms with Crippen molar-refractivity contribution in [3.8, 4) is 0 Å². The number of rotatable bonds is 3. The molecule has 0 spiro atoms. The molecule has 0 unspecified atom stereocenters. The van der Waals surface area contributed by atoms with Crippen molar-refractivity contribution in [2.24, 2.45) is 7.05 Å². The molecule has 0 atom stereocenters. The second kappa shape index (κ2) is 4.25. The molecule has 0 saturated carbocycles. The smallest absolute Gasteiger partial charge is 0.188 e. The van der Waals surface area contributed by atoms with Gasteiger partial charge < -0.3 is 0 Å². The highest BCUT2D eigenvalue weighted by Crippen LogP contribution is 2.18. The highest BCUT2D eigenvalue weighted by molar-refractivity contribution is 7.90. The SMILES string of the molecule is Cn1ncnc1CS(=O)(=O)c1ccccc1F. The largest absolute Gasteiger partial charge is 0.252 e. The minimum absolute atomic E-state index is 0.272. The molecule has 17 heavy (non-hydrogen) atoms. The van der Waals surface area contributed by atoms with Gasteiger partial charge in [-0.05, 0) is 12.1 Å². The Labute approximate surface area is 97.8 Å². The number of hydrogen-bond donors (Lipinski definition) is 0. The van der Waals surface area contributed by atoms with Crippen LogP contribution in [0.3, 0.4) is 0 Å². The van der Waals surface area contributed by atoms with Crippen molar-refractivity contribution in [1.82, 2.24) is 14.8 Å². The van der Waals surface area contributed by atoms with Crippen molar-refractivity contribution in [3.05, 3.63) is 42.2 Å². The molecule has 0 bridgehead atoms. The minimum atomic E-state index is -3.73. The minimum Gasteiger partial charge on any atom is -0.252 e. The molecular weight excluding hydrogens is 245 g/mol. The van der Waals surface area contributed by atoms with Crippen LogP contribution in [-0.4, -0.2) is 23.2 Å². The van der Waals surface area contributed by atoms with E-state index >= 15 is 0 Å². The quantitative estimate of drug-likeness (QED) is 0.818. The molecule has 0 aliphatic heterocycles. The van der Waals surface area contributed by atoms with E-state index in [0.717, 1.165) is 6.07 Å². The normalized spacial score (nSPS) is 11.6. The Kier molecular flexibility index (Phi) is 2.93. The van der Waals surface area contributed by atoms with Gasteiger partial charge in [0.2, 0.25) is 0 Å². The first-order chi connectivity index (χ1) is 8.00. The topological polar surface area (TPSA) is 64.8 Å². The van der Waals surface area contributed by atoms with Crippen LogP contribution in [0.5, 0.6) is 0 Å². The molecule has 0 fully saturated rings. The first-order valence-corrected chi connectivity index (χ1v) is 6.46. The fraction of sp³-hybridized carbons (Fsp3) is 0.200. The third kappa shape index (κ3) is 2.33. The van der Waals surface area contributed by atoms with Crippen molar-refractivity contribution in [3.63, 3.8) is 0 Å². The van der Waals surface area contributed by atoms with Gasteiger partial charge in [-0.2, -0.15) is 5.10 Å². The standard InChI is InChI=1S/C10H10FN3O2S/c1-14-10(12-7-13-14)6-17(15,16)9-5-3-2-4-8(9)11/h2-5,7H,6H2,1H3. The third-order valence-corrected chi connectivity index (χ3v) is 3.94. The molecule has 1 heterocycles. The summed E-state index contributed by atoms with van der Waals surface area (Å²) in [6.45, 7) is 0.